The monoisotopic (exact) mass is 278 g/mol. The second-order valence-corrected chi connectivity index (χ2v) is 4.89. The standard InChI is InChI=1S/C13H15BrN2/c1-7-5-6-10(14)13-11(7)12(15-4)8(2)9(3)16-13/h5-6H,1-4H3,(H,15,16). The Bertz CT molecular complexity index is 562. The molecule has 0 spiro atoms. The van der Waals surface area contributed by atoms with E-state index < -0.39 is 0 Å². The molecule has 0 aliphatic rings. The van der Waals surface area contributed by atoms with Crippen LogP contribution in [-0.4, -0.2) is 12.0 Å². The highest BCUT2D eigenvalue weighted by Crippen LogP contribution is 2.33. The lowest BCUT2D eigenvalue weighted by Gasteiger charge is -2.14. The molecule has 2 rings (SSSR count). The summed E-state index contributed by atoms with van der Waals surface area (Å²) in [5, 5.41) is 4.49. The third kappa shape index (κ3) is 1.59. The van der Waals surface area contributed by atoms with E-state index in [1.165, 1.54) is 22.2 Å². The van der Waals surface area contributed by atoms with Gasteiger partial charge >= 0.3 is 0 Å². The van der Waals surface area contributed by atoms with Gasteiger partial charge in [0.15, 0.2) is 0 Å². The first-order valence-corrected chi connectivity index (χ1v) is 6.09. The summed E-state index contributed by atoms with van der Waals surface area (Å²) in [5.41, 5.74) is 5.76. The van der Waals surface area contributed by atoms with Crippen LogP contribution in [0, 0.1) is 20.8 Å². The van der Waals surface area contributed by atoms with Gasteiger partial charge in [-0.2, -0.15) is 0 Å². The van der Waals surface area contributed by atoms with Crippen molar-refractivity contribution in [2.75, 3.05) is 12.4 Å². The van der Waals surface area contributed by atoms with E-state index in [4.69, 9.17) is 0 Å². The number of fused-ring (bicyclic) bond motifs is 1. The van der Waals surface area contributed by atoms with E-state index in [1.54, 1.807) is 0 Å². The molecular formula is C13H15BrN2. The van der Waals surface area contributed by atoms with Crippen LogP contribution in [0.2, 0.25) is 0 Å². The molecule has 1 N–H and O–H groups in total. The first-order valence-electron chi connectivity index (χ1n) is 5.30. The van der Waals surface area contributed by atoms with Crippen molar-refractivity contribution in [3.63, 3.8) is 0 Å². The normalized spacial score (nSPS) is 10.8. The number of pyridine rings is 1. The van der Waals surface area contributed by atoms with Crippen molar-refractivity contribution in [2.45, 2.75) is 20.8 Å². The SMILES string of the molecule is CNc1c(C)c(C)nc2c(Br)ccc(C)c12. The zero-order chi connectivity index (χ0) is 11.9. The number of benzene rings is 1. The molecule has 2 nitrogen and oxygen atoms in total. The molecule has 1 aromatic heterocycles. The second-order valence-electron chi connectivity index (χ2n) is 4.04. The van der Waals surface area contributed by atoms with Gasteiger partial charge in [-0.15, -0.1) is 0 Å². The fourth-order valence-electron chi connectivity index (χ4n) is 2.02. The Hall–Kier alpha value is -1.09. The predicted molar refractivity (Wildman–Crippen MR) is 73.2 cm³/mol. The molecule has 16 heavy (non-hydrogen) atoms. The van der Waals surface area contributed by atoms with Gasteiger partial charge in [0.05, 0.1) is 5.52 Å². The van der Waals surface area contributed by atoms with Gasteiger partial charge in [-0.3, -0.25) is 4.98 Å². The van der Waals surface area contributed by atoms with Crippen molar-refractivity contribution in [3.8, 4) is 0 Å². The molecule has 0 fully saturated rings. The maximum Gasteiger partial charge on any atom is 0.0870 e. The van der Waals surface area contributed by atoms with Gasteiger partial charge in [0.1, 0.15) is 0 Å². The number of nitrogens with zero attached hydrogens (tertiary/aromatic N) is 1. The summed E-state index contributed by atoms with van der Waals surface area (Å²) in [6.07, 6.45) is 0. The molecule has 0 atom stereocenters. The smallest absolute Gasteiger partial charge is 0.0870 e. The summed E-state index contributed by atoms with van der Waals surface area (Å²) >= 11 is 3.56. The average Bonchev–Trinajstić information content (AvgIpc) is 2.26. The third-order valence-corrected chi connectivity index (χ3v) is 3.67. The lowest BCUT2D eigenvalue weighted by atomic mass is 10.0. The highest BCUT2D eigenvalue weighted by Gasteiger charge is 2.12. The molecule has 1 aromatic carbocycles. The van der Waals surface area contributed by atoms with E-state index in [-0.39, 0.29) is 0 Å². The van der Waals surface area contributed by atoms with Gasteiger partial charge in [-0.1, -0.05) is 6.07 Å². The summed E-state index contributed by atoms with van der Waals surface area (Å²) in [5.74, 6) is 0. The highest BCUT2D eigenvalue weighted by atomic mass is 79.9. The van der Waals surface area contributed by atoms with Crippen LogP contribution in [-0.2, 0) is 0 Å². The molecule has 0 bridgehead atoms. The van der Waals surface area contributed by atoms with E-state index in [2.05, 4.69) is 52.2 Å². The molecule has 0 amide bonds. The minimum atomic E-state index is 1.03. The first-order chi connectivity index (χ1) is 7.56. The molecule has 0 radical (unpaired) electrons. The van der Waals surface area contributed by atoms with Gasteiger partial charge in [-0.05, 0) is 53.9 Å². The molecule has 3 heteroatoms. The van der Waals surface area contributed by atoms with Crippen LogP contribution >= 0.6 is 15.9 Å². The average molecular weight is 279 g/mol. The minimum absolute atomic E-state index is 1.03. The zero-order valence-electron chi connectivity index (χ0n) is 9.98. The number of rotatable bonds is 1. The molecule has 1 heterocycles. The fourth-order valence-corrected chi connectivity index (χ4v) is 2.44. The number of nitrogens with one attached hydrogen (secondary N) is 1. The molecule has 0 saturated carbocycles. The Kier molecular flexibility index (Phi) is 2.89. The number of halogens is 1. The number of aromatic nitrogens is 1. The van der Waals surface area contributed by atoms with Gasteiger partial charge in [0.25, 0.3) is 0 Å². The van der Waals surface area contributed by atoms with E-state index in [0.717, 1.165) is 15.7 Å². The molecule has 0 aliphatic carbocycles. The van der Waals surface area contributed by atoms with E-state index >= 15 is 0 Å². The molecule has 0 saturated heterocycles. The van der Waals surface area contributed by atoms with Gasteiger partial charge in [0, 0.05) is 28.3 Å². The summed E-state index contributed by atoms with van der Waals surface area (Å²) in [6, 6.07) is 4.17. The lowest BCUT2D eigenvalue weighted by molar-refractivity contribution is 1.18. The van der Waals surface area contributed by atoms with Gasteiger partial charge in [0.2, 0.25) is 0 Å². The lowest BCUT2D eigenvalue weighted by Crippen LogP contribution is -2.00. The van der Waals surface area contributed by atoms with Crippen molar-refractivity contribution < 1.29 is 0 Å². The van der Waals surface area contributed by atoms with Crippen molar-refractivity contribution in [3.05, 3.63) is 33.4 Å². The maximum atomic E-state index is 4.66. The highest BCUT2D eigenvalue weighted by molar-refractivity contribution is 9.10. The van der Waals surface area contributed by atoms with E-state index in [9.17, 15) is 0 Å². The largest absolute Gasteiger partial charge is 0.387 e. The van der Waals surface area contributed by atoms with Gasteiger partial charge in [-0.25, -0.2) is 0 Å². The summed E-state index contributed by atoms with van der Waals surface area (Å²) in [7, 11) is 1.96. The predicted octanol–water partition coefficient (Wildman–Crippen LogP) is 3.96. The van der Waals surface area contributed by atoms with Crippen LogP contribution in [0.25, 0.3) is 10.9 Å². The fraction of sp³-hybridized carbons (Fsp3) is 0.308. The van der Waals surface area contributed by atoms with Crippen LogP contribution in [0.15, 0.2) is 16.6 Å². The quantitative estimate of drug-likeness (QED) is 0.854. The van der Waals surface area contributed by atoms with Crippen LogP contribution in [0.3, 0.4) is 0 Å². The molecule has 2 aromatic rings. The van der Waals surface area contributed by atoms with Crippen LogP contribution in [0.1, 0.15) is 16.8 Å². The third-order valence-electron chi connectivity index (χ3n) is 3.03. The summed E-state index contributed by atoms with van der Waals surface area (Å²) in [6.45, 7) is 6.27. The summed E-state index contributed by atoms with van der Waals surface area (Å²) < 4.78 is 1.05. The second kappa shape index (κ2) is 4.06. The van der Waals surface area contributed by atoms with E-state index in [1.807, 2.05) is 14.0 Å². The van der Waals surface area contributed by atoms with Crippen molar-refractivity contribution in [1.82, 2.24) is 4.98 Å². The minimum Gasteiger partial charge on any atom is -0.387 e. The number of aryl methyl sites for hydroxylation is 2. The summed E-state index contributed by atoms with van der Waals surface area (Å²) in [4.78, 5) is 4.66. The van der Waals surface area contributed by atoms with Crippen molar-refractivity contribution in [2.24, 2.45) is 0 Å². The van der Waals surface area contributed by atoms with Crippen molar-refractivity contribution >= 4 is 32.5 Å². The molecule has 0 unspecified atom stereocenters. The van der Waals surface area contributed by atoms with Gasteiger partial charge < -0.3 is 5.32 Å². The Labute approximate surface area is 104 Å². The Morgan fingerprint density at radius 3 is 2.50 bits per heavy atom. The topological polar surface area (TPSA) is 24.9 Å². The first kappa shape index (κ1) is 11.4. The maximum absolute atomic E-state index is 4.66. The molecule has 84 valence electrons. The van der Waals surface area contributed by atoms with Crippen molar-refractivity contribution in [1.29, 1.82) is 0 Å². The van der Waals surface area contributed by atoms with Crippen LogP contribution < -0.4 is 5.32 Å². The van der Waals surface area contributed by atoms with E-state index in [0.29, 0.717) is 0 Å². The Morgan fingerprint density at radius 1 is 1.19 bits per heavy atom. The molecule has 0 aliphatic heterocycles. The van der Waals surface area contributed by atoms with Crippen LogP contribution in [0.4, 0.5) is 5.69 Å². The zero-order valence-corrected chi connectivity index (χ0v) is 11.6. The number of anilines is 1. The molecular weight excluding hydrogens is 264 g/mol. The Morgan fingerprint density at radius 2 is 1.88 bits per heavy atom. The Balaban J connectivity index is 3.02. The number of hydrogen-bond donors (Lipinski definition) is 1. The van der Waals surface area contributed by atoms with Crippen LogP contribution in [0.5, 0.6) is 0 Å². The number of hydrogen-bond acceptors (Lipinski definition) is 2.